The van der Waals surface area contributed by atoms with Gasteiger partial charge in [0.25, 0.3) is 0 Å². The van der Waals surface area contributed by atoms with Crippen molar-refractivity contribution in [2.24, 2.45) is 0 Å². The van der Waals surface area contributed by atoms with Crippen molar-refractivity contribution in [1.29, 1.82) is 0 Å². The number of fused-ring (bicyclic) bond motifs is 1. The monoisotopic (exact) mass is 479 g/mol. The predicted molar refractivity (Wildman–Crippen MR) is 128 cm³/mol. The fourth-order valence-corrected chi connectivity index (χ4v) is 4.09. The van der Waals surface area contributed by atoms with Crippen LogP contribution in [0.15, 0.2) is 71.2 Å². The molecule has 31 heavy (non-hydrogen) atoms. The number of halogens is 1. The fraction of sp³-hybridized carbons (Fsp3) is 0.240. The number of benzene rings is 3. The van der Waals surface area contributed by atoms with E-state index in [0.717, 1.165) is 69.9 Å². The first-order valence-electron chi connectivity index (χ1n) is 10.4. The maximum absolute atomic E-state index is 6.01. The number of methoxy groups -OCH3 is 1. The number of imidazole rings is 1. The van der Waals surface area contributed by atoms with E-state index in [1.54, 1.807) is 7.11 Å². The van der Waals surface area contributed by atoms with Crippen LogP contribution in [0.3, 0.4) is 0 Å². The van der Waals surface area contributed by atoms with E-state index >= 15 is 0 Å². The summed E-state index contributed by atoms with van der Waals surface area (Å²) in [6, 6.07) is 22.3. The number of aryl methyl sites for hydroxylation is 1. The van der Waals surface area contributed by atoms with Crippen molar-refractivity contribution in [2.75, 3.05) is 13.7 Å². The Morgan fingerprint density at radius 2 is 1.81 bits per heavy atom. The molecule has 0 radical (unpaired) electrons. The number of ether oxygens (including phenoxy) is 2. The summed E-state index contributed by atoms with van der Waals surface area (Å²) in [7, 11) is 1.67. The standard InChI is InChI=1S/C25H26BrN3O2/c1-30-23-15-19(14-20(26)25(23)31-17-18-8-3-2-4-9-18)16-27-13-7-12-24-28-21-10-5-6-11-22(21)29-24/h2-6,8-11,14-15,27H,7,12-13,16-17H2,1H3,(H,28,29). The number of H-pyrrole nitrogens is 1. The van der Waals surface area contributed by atoms with Gasteiger partial charge in [-0.3, -0.25) is 0 Å². The Morgan fingerprint density at radius 3 is 2.61 bits per heavy atom. The molecule has 0 saturated carbocycles. The highest BCUT2D eigenvalue weighted by Gasteiger charge is 2.12. The number of nitrogens with one attached hydrogen (secondary N) is 2. The lowest BCUT2D eigenvalue weighted by molar-refractivity contribution is 0.282. The molecule has 0 fully saturated rings. The second kappa shape index (κ2) is 10.5. The third-order valence-corrected chi connectivity index (χ3v) is 5.64. The lowest BCUT2D eigenvalue weighted by Gasteiger charge is -2.15. The molecule has 1 aromatic heterocycles. The number of nitrogens with zero attached hydrogens (tertiary/aromatic N) is 1. The van der Waals surface area contributed by atoms with Crippen molar-refractivity contribution in [1.82, 2.24) is 15.3 Å². The molecule has 0 aliphatic heterocycles. The van der Waals surface area contributed by atoms with Crippen LogP contribution in [-0.4, -0.2) is 23.6 Å². The first-order chi connectivity index (χ1) is 15.2. The van der Waals surface area contributed by atoms with E-state index in [-0.39, 0.29) is 0 Å². The minimum Gasteiger partial charge on any atom is -0.493 e. The van der Waals surface area contributed by atoms with Gasteiger partial charge < -0.3 is 19.8 Å². The van der Waals surface area contributed by atoms with E-state index in [9.17, 15) is 0 Å². The van der Waals surface area contributed by atoms with Crippen LogP contribution < -0.4 is 14.8 Å². The highest BCUT2D eigenvalue weighted by Crippen LogP contribution is 2.37. The highest BCUT2D eigenvalue weighted by molar-refractivity contribution is 9.10. The molecule has 0 spiro atoms. The van der Waals surface area contributed by atoms with Gasteiger partial charge in [0.2, 0.25) is 0 Å². The topological polar surface area (TPSA) is 59.2 Å². The molecule has 0 aliphatic rings. The Kier molecular flexibility index (Phi) is 7.22. The Hall–Kier alpha value is -2.83. The number of rotatable bonds is 10. The molecule has 4 aromatic rings. The van der Waals surface area contributed by atoms with Crippen LogP contribution in [0.1, 0.15) is 23.4 Å². The summed E-state index contributed by atoms with van der Waals surface area (Å²) in [5.41, 5.74) is 4.38. The first-order valence-corrected chi connectivity index (χ1v) is 11.2. The minimum absolute atomic E-state index is 0.495. The largest absolute Gasteiger partial charge is 0.493 e. The van der Waals surface area contributed by atoms with E-state index < -0.39 is 0 Å². The molecule has 1 heterocycles. The van der Waals surface area contributed by atoms with Gasteiger partial charge in [-0.25, -0.2) is 4.98 Å². The molecular weight excluding hydrogens is 454 g/mol. The molecule has 0 aliphatic carbocycles. The zero-order chi connectivity index (χ0) is 21.5. The van der Waals surface area contributed by atoms with Crippen molar-refractivity contribution in [3.8, 4) is 11.5 Å². The van der Waals surface area contributed by atoms with Gasteiger partial charge >= 0.3 is 0 Å². The lowest BCUT2D eigenvalue weighted by Crippen LogP contribution is -2.15. The van der Waals surface area contributed by atoms with Crippen LogP contribution in [0, 0.1) is 0 Å². The SMILES string of the molecule is COc1cc(CNCCCc2nc3ccccc3[nH]2)cc(Br)c1OCc1ccccc1. The summed E-state index contributed by atoms with van der Waals surface area (Å²) in [5.74, 6) is 2.48. The van der Waals surface area contributed by atoms with E-state index in [1.807, 2.05) is 54.6 Å². The Morgan fingerprint density at radius 1 is 1.00 bits per heavy atom. The second-order valence-corrected chi connectivity index (χ2v) is 8.22. The zero-order valence-electron chi connectivity index (χ0n) is 17.5. The van der Waals surface area contributed by atoms with Crippen molar-refractivity contribution in [3.63, 3.8) is 0 Å². The van der Waals surface area contributed by atoms with Crippen molar-refractivity contribution < 1.29 is 9.47 Å². The van der Waals surface area contributed by atoms with Gasteiger partial charge in [0.15, 0.2) is 11.5 Å². The van der Waals surface area contributed by atoms with Crippen LogP contribution in [-0.2, 0) is 19.6 Å². The number of hydrogen-bond acceptors (Lipinski definition) is 4. The lowest BCUT2D eigenvalue weighted by atomic mass is 10.2. The van der Waals surface area contributed by atoms with Gasteiger partial charge in [0, 0.05) is 13.0 Å². The third kappa shape index (κ3) is 5.66. The Bertz CT molecular complexity index is 1100. The quantitative estimate of drug-likeness (QED) is 0.289. The average molecular weight is 480 g/mol. The number of hydrogen-bond donors (Lipinski definition) is 2. The van der Waals surface area contributed by atoms with Crippen LogP contribution in [0.25, 0.3) is 11.0 Å². The molecule has 0 unspecified atom stereocenters. The van der Waals surface area contributed by atoms with E-state index in [4.69, 9.17) is 9.47 Å². The predicted octanol–water partition coefficient (Wildman–Crippen LogP) is 5.64. The van der Waals surface area contributed by atoms with Crippen LogP contribution in [0.5, 0.6) is 11.5 Å². The molecule has 2 N–H and O–H groups in total. The Labute approximate surface area is 190 Å². The van der Waals surface area contributed by atoms with E-state index in [0.29, 0.717) is 6.61 Å². The summed E-state index contributed by atoms with van der Waals surface area (Å²) in [5, 5.41) is 3.50. The molecular formula is C25H26BrN3O2. The van der Waals surface area contributed by atoms with Crippen LogP contribution in [0.2, 0.25) is 0 Å². The zero-order valence-corrected chi connectivity index (χ0v) is 19.1. The first kappa shape index (κ1) is 21.4. The molecule has 0 amide bonds. The number of para-hydroxylation sites is 2. The van der Waals surface area contributed by atoms with E-state index in [1.165, 1.54) is 0 Å². The summed E-state index contributed by atoms with van der Waals surface area (Å²) in [4.78, 5) is 8.01. The molecule has 0 atom stereocenters. The molecule has 0 bridgehead atoms. The normalized spacial score (nSPS) is 11.0. The molecule has 160 valence electrons. The van der Waals surface area contributed by atoms with Crippen molar-refractivity contribution in [2.45, 2.75) is 26.0 Å². The molecule has 3 aromatic carbocycles. The summed E-state index contributed by atoms with van der Waals surface area (Å²) < 4.78 is 12.5. The van der Waals surface area contributed by atoms with Crippen molar-refractivity contribution >= 4 is 27.0 Å². The van der Waals surface area contributed by atoms with Gasteiger partial charge in [-0.05, 0) is 64.3 Å². The van der Waals surface area contributed by atoms with Gasteiger partial charge in [-0.1, -0.05) is 42.5 Å². The smallest absolute Gasteiger partial charge is 0.175 e. The van der Waals surface area contributed by atoms with Crippen molar-refractivity contribution in [3.05, 3.63) is 88.2 Å². The van der Waals surface area contributed by atoms with Gasteiger partial charge in [-0.2, -0.15) is 0 Å². The van der Waals surface area contributed by atoms with Crippen LogP contribution in [0.4, 0.5) is 0 Å². The second-order valence-electron chi connectivity index (χ2n) is 7.36. The number of aromatic nitrogens is 2. The molecule has 5 nitrogen and oxygen atoms in total. The maximum Gasteiger partial charge on any atom is 0.175 e. The average Bonchev–Trinajstić information content (AvgIpc) is 3.21. The highest BCUT2D eigenvalue weighted by atomic mass is 79.9. The third-order valence-electron chi connectivity index (χ3n) is 5.05. The van der Waals surface area contributed by atoms with Crippen LogP contribution >= 0.6 is 15.9 Å². The Balaban J connectivity index is 1.28. The fourth-order valence-electron chi connectivity index (χ4n) is 3.48. The maximum atomic E-state index is 6.01. The van der Waals surface area contributed by atoms with Gasteiger partial charge in [0.1, 0.15) is 12.4 Å². The molecule has 6 heteroatoms. The van der Waals surface area contributed by atoms with Gasteiger partial charge in [-0.15, -0.1) is 0 Å². The molecule has 4 rings (SSSR count). The molecule has 0 saturated heterocycles. The number of aromatic amines is 1. The summed E-state index contributed by atoms with van der Waals surface area (Å²) >= 11 is 3.64. The van der Waals surface area contributed by atoms with E-state index in [2.05, 4.69) is 43.3 Å². The van der Waals surface area contributed by atoms with Gasteiger partial charge in [0.05, 0.1) is 22.6 Å². The summed E-state index contributed by atoms with van der Waals surface area (Å²) in [6.45, 7) is 2.16. The summed E-state index contributed by atoms with van der Waals surface area (Å²) in [6.07, 6.45) is 1.93. The minimum atomic E-state index is 0.495.